The molecule has 3 aromatic rings. The first-order valence-electron chi connectivity index (χ1n) is 11.3. The minimum Gasteiger partial charge on any atom is -0.481 e. The molecule has 0 saturated carbocycles. The summed E-state index contributed by atoms with van der Waals surface area (Å²) in [5, 5.41) is 10.8. The number of ketones is 1. The number of carboxylic acid groups (broad SMARTS) is 1. The number of carbonyl (C=O) groups excluding carboxylic acids is 1. The molecule has 3 rings (SSSR count). The zero-order valence-corrected chi connectivity index (χ0v) is 21.2. The molecule has 184 valence electrons. The Kier molecular flexibility index (Phi) is 9.27. The lowest BCUT2D eigenvalue weighted by atomic mass is 9.94. The normalized spacial score (nSPS) is 12.0. The molecule has 0 spiro atoms. The minimum atomic E-state index is -0.932. The summed E-state index contributed by atoms with van der Waals surface area (Å²) in [5.74, 6) is -1.36. The van der Waals surface area contributed by atoms with Crippen LogP contribution < -0.4 is 0 Å². The minimum absolute atomic E-state index is 0.0792. The molecule has 0 amide bonds. The number of unbranched alkanes of at least 4 members (excludes halogenated alkanes) is 1. The third kappa shape index (κ3) is 6.61. The van der Waals surface area contributed by atoms with Crippen molar-refractivity contribution in [1.82, 2.24) is 9.55 Å². The highest BCUT2D eigenvalue weighted by molar-refractivity contribution is 6.35. The van der Waals surface area contributed by atoms with E-state index in [1.54, 1.807) is 31.2 Å². The number of halogens is 2. The summed E-state index contributed by atoms with van der Waals surface area (Å²) in [6.45, 7) is 9.89. The van der Waals surface area contributed by atoms with E-state index in [0.717, 1.165) is 24.1 Å². The molecular weight excluding hydrogens is 489 g/mol. The highest BCUT2D eigenvalue weighted by Crippen LogP contribution is 2.31. The molecule has 9 heteroatoms. The van der Waals surface area contributed by atoms with Crippen LogP contribution in [0.3, 0.4) is 0 Å². The Morgan fingerprint density at radius 1 is 1.23 bits per heavy atom. The Morgan fingerprint density at radius 2 is 1.94 bits per heavy atom. The Bertz CT molecular complexity index is 1260. The largest absolute Gasteiger partial charge is 0.481 e. The molecule has 1 atom stereocenters. The fraction of sp³-hybridized carbons (Fsp3) is 0.385. The number of ether oxygens (including phenoxy) is 1. The Balaban J connectivity index is 1.72. The van der Waals surface area contributed by atoms with E-state index in [2.05, 4.69) is 9.83 Å². The van der Waals surface area contributed by atoms with Gasteiger partial charge in [0.25, 0.3) is 0 Å². The molecule has 1 unspecified atom stereocenters. The Labute approximate surface area is 214 Å². The predicted molar refractivity (Wildman–Crippen MR) is 136 cm³/mol. The van der Waals surface area contributed by atoms with Crippen LogP contribution in [0.15, 0.2) is 30.5 Å². The predicted octanol–water partition coefficient (Wildman–Crippen LogP) is 6.65. The monoisotopic (exact) mass is 515 g/mol. The second-order valence-electron chi connectivity index (χ2n) is 8.60. The fourth-order valence-corrected chi connectivity index (χ4v) is 4.65. The van der Waals surface area contributed by atoms with Crippen molar-refractivity contribution in [1.29, 1.82) is 0 Å². The lowest BCUT2D eigenvalue weighted by Crippen LogP contribution is -2.12. The molecule has 0 radical (unpaired) electrons. The average molecular weight is 516 g/mol. The first kappa shape index (κ1) is 26.7. The lowest BCUT2D eigenvalue weighted by Gasteiger charge is -2.11. The number of aryl methyl sites for hydroxylation is 1. The van der Waals surface area contributed by atoms with Gasteiger partial charge in [-0.15, -0.1) is 0 Å². The number of carbonyl (C=O) groups is 2. The van der Waals surface area contributed by atoms with E-state index in [-0.39, 0.29) is 24.5 Å². The number of rotatable bonds is 12. The van der Waals surface area contributed by atoms with Gasteiger partial charge in [-0.3, -0.25) is 9.59 Å². The van der Waals surface area contributed by atoms with E-state index in [4.69, 9.17) is 39.6 Å². The van der Waals surface area contributed by atoms with E-state index in [1.165, 1.54) is 6.20 Å². The highest BCUT2D eigenvalue weighted by atomic mass is 35.5. The van der Waals surface area contributed by atoms with Gasteiger partial charge >= 0.3 is 5.97 Å². The molecular formula is C26H27Cl2N3O4. The van der Waals surface area contributed by atoms with Crippen LogP contribution in [0, 0.1) is 12.5 Å². The van der Waals surface area contributed by atoms with E-state index in [9.17, 15) is 9.59 Å². The van der Waals surface area contributed by atoms with Crippen LogP contribution in [0.2, 0.25) is 10.0 Å². The van der Waals surface area contributed by atoms with Crippen LogP contribution >= 0.6 is 23.2 Å². The number of aromatic nitrogens is 2. The van der Waals surface area contributed by atoms with Crippen LogP contribution in [-0.2, 0) is 29.6 Å². The van der Waals surface area contributed by atoms with Gasteiger partial charge in [0.15, 0.2) is 5.78 Å². The number of carboxylic acids is 1. The van der Waals surface area contributed by atoms with E-state index < -0.39 is 5.97 Å². The standard InChI is InChI=1S/C26H27Cl2N3O4/c1-16(12-24(33)34)11-23(32)25-18-13-17(29-2)14-30-26(18)31(3)22(25)9-4-5-10-35-15-19-20(27)7-6-8-21(19)28/h6-8,13-14,16H,4-5,9-12,15H2,1,3H3,(H,33,34). The van der Waals surface area contributed by atoms with Crippen molar-refractivity contribution in [3.63, 3.8) is 0 Å². The van der Waals surface area contributed by atoms with Crippen LogP contribution in [0.1, 0.15) is 54.2 Å². The van der Waals surface area contributed by atoms with Gasteiger partial charge in [-0.05, 0) is 43.4 Å². The molecule has 0 fully saturated rings. The highest BCUT2D eigenvalue weighted by Gasteiger charge is 2.24. The van der Waals surface area contributed by atoms with Gasteiger partial charge in [-0.25, -0.2) is 9.83 Å². The van der Waals surface area contributed by atoms with Gasteiger partial charge < -0.3 is 14.4 Å². The summed E-state index contributed by atoms with van der Waals surface area (Å²) in [6, 6.07) is 7.02. The third-order valence-electron chi connectivity index (χ3n) is 5.86. The quantitative estimate of drug-likeness (QED) is 0.165. The number of Topliss-reactive ketones (excluding diaryl/α,β-unsaturated/α-hetero) is 1. The number of hydrogen-bond donors (Lipinski definition) is 1. The maximum atomic E-state index is 13.3. The molecule has 0 bridgehead atoms. The number of hydrogen-bond acceptors (Lipinski definition) is 4. The third-order valence-corrected chi connectivity index (χ3v) is 6.57. The number of benzene rings is 1. The van der Waals surface area contributed by atoms with Gasteiger partial charge in [0.2, 0.25) is 5.69 Å². The average Bonchev–Trinajstić information content (AvgIpc) is 3.08. The van der Waals surface area contributed by atoms with E-state index in [1.807, 2.05) is 11.6 Å². The van der Waals surface area contributed by atoms with Gasteiger partial charge in [0, 0.05) is 64.9 Å². The number of nitrogens with zero attached hydrogens (tertiary/aromatic N) is 3. The smallest absolute Gasteiger partial charge is 0.303 e. The maximum Gasteiger partial charge on any atom is 0.303 e. The number of fused-ring (bicyclic) bond motifs is 1. The van der Waals surface area contributed by atoms with Crippen LogP contribution in [-0.4, -0.2) is 33.0 Å². The summed E-state index contributed by atoms with van der Waals surface area (Å²) >= 11 is 12.4. The second kappa shape index (κ2) is 12.2. The van der Waals surface area contributed by atoms with Crippen LogP contribution in [0.5, 0.6) is 0 Å². The van der Waals surface area contributed by atoms with Crippen molar-refractivity contribution in [3.8, 4) is 0 Å². The molecule has 0 aliphatic rings. The fourth-order valence-electron chi connectivity index (χ4n) is 4.14. The van der Waals surface area contributed by atoms with Crippen LogP contribution in [0.25, 0.3) is 15.9 Å². The zero-order chi connectivity index (χ0) is 25.5. The first-order chi connectivity index (χ1) is 16.7. The van der Waals surface area contributed by atoms with Crippen molar-refractivity contribution in [2.45, 2.75) is 45.6 Å². The SMILES string of the molecule is [C-]#[N+]c1cnc2c(c1)c(C(=O)CC(C)CC(=O)O)c(CCCCOCc1c(Cl)cccc1Cl)n2C. The molecule has 1 N–H and O–H groups in total. The van der Waals surface area contributed by atoms with Crippen molar-refractivity contribution in [2.24, 2.45) is 13.0 Å². The van der Waals surface area contributed by atoms with Gasteiger partial charge in [0.1, 0.15) is 5.65 Å². The maximum absolute atomic E-state index is 13.3. The summed E-state index contributed by atoms with van der Waals surface area (Å²) in [4.78, 5) is 32.2. The van der Waals surface area contributed by atoms with Gasteiger partial charge in [-0.2, -0.15) is 0 Å². The zero-order valence-electron chi connectivity index (χ0n) is 19.7. The van der Waals surface area contributed by atoms with Crippen LogP contribution in [0.4, 0.5) is 5.69 Å². The molecule has 0 aliphatic heterocycles. The first-order valence-corrected chi connectivity index (χ1v) is 12.1. The van der Waals surface area contributed by atoms with E-state index in [0.29, 0.717) is 52.0 Å². The van der Waals surface area contributed by atoms with Crippen molar-refractivity contribution >= 4 is 51.7 Å². The molecule has 35 heavy (non-hydrogen) atoms. The Morgan fingerprint density at radius 3 is 2.60 bits per heavy atom. The van der Waals surface area contributed by atoms with Crippen molar-refractivity contribution < 1.29 is 19.4 Å². The number of aliphatic carboxylic acids is 1. The second-order valence-corrected chi connectivity index (χ2v) is 9.41. The molecule has 1 aromatic carbocycles. The summed E-state index contributed by atoms with van der Waals surface area (Å²) < 4.78 is 7.65. The molecule has 0 aliphatic carbocycles. The van der Waals surface area contributed by atoms with Crippen molar-refractivity contribution in [3.05, 3.63) is 68.7 Å². The van der Waals surface area contributed by atoms with E-state index >= 15 is 0 Å². The molecule has 2 aromatic heterocycles. The van der Waals surface area contributed by atoms with Gasteiger partial charge in [-0.1, -0.05) is 36.2 Å². The summed E-state index contributed by atoms with van der Waals surface area (Å²) in [5.41, 5.74) is 3.10. The summed E-state index contributed by atoms with van der Waals surface area (Å²) in [7, 11) is 1.86. The lowest BCUT2D eigenvalue weighted by molar-refractivity contribution is -0.137. The topological polar surface area (TPSA) is 85.8 Å². The molecule has 2 heterocycles. The Hall–Kier alpha value is -2.92. The molecule has 0 saturated heterocycles. The van der Waals surface area contributed by atoms with Crippen molar-refractivity contribution in [2.75, 3.05) is 6.61 Å². The number of pyridine rings is 1. The molecule has 7 nitrogen and oxygen atoms in total. The summed E-state index contributed by atoms with van der Waals surface area (Å²) in [6.07, 6.45) is 3.67. The van der Waals surface area contributed by atoms with Gasteiger partial charge in [0.05, 0.1) is 13.2 Å².